The average molecular weight is 275 g/mol. The van der Waals surface area contributed by atoms with Crippen LogP contribution in [0, 0.1) is 0 Å². The molecule has 0 aliphatic heterocycles. The number of likely N-dealkylation sites (N-methyl/N-ethyl adjacent to an activating group) is 1. The Kier molecular flexibility index (Phi) is 6.55. The van der Waals surface area contributed by atoms with Crippen LogP contribution in [0.4, 0.5) is 0 Å². The summed E-state index contributed by atoms with van der Waals surface area (Å²) in [7, 11) is 2.04. The zero-order valence-electron chi connectivity index (χ0n) is 13.0. The van der Waals surface area contributed by atoms with Gasteiger partial charge in [0.2, 0.25) is 0 Å². The van der Waals surface area contributed by atoms with Crippen LogP contribution in [0.3, 0.4) is 0 Å². The van der Waals surface area contributed by atoms with Crippen LogP contribution >= 0.6 is 0 Å². The Bertz CT molecular complexity index is 391. The minimum atomic E-state index is 0.313. The largest absolute Gasteiger partial charge is 0.376 e. The number of nitrogens with one attached hydrogen (secondary N) is 1. The van der Waals surface area contributed by atoms with Crippen LogP contribution < -0.4 is 5.32 Å². The Morgan fingerprint density at radius 1 is 1.10 bits per heavy atom. The molecule has 2 rings (SSSR count). The van der Waals surface area contributed by atoms with Crippen molar-refractivity contribution in [3.63, 3.8) is 0 Å². The highest BCUT2D eigenvalue weighted by atomic mass is 16.5. The highest BCUT2D eigenvalue weighted by Crippen LogP contribution is 2.32. The van der Waals surface area contributed by atoms with Crippen LogP contribution in [0.2, 0.25) is 0 Å². The Morgan fingerprint density at radius 2 is 1.85 bits per heavy atom. The van der Waals surface area contributed by atoms with Crippen LogP contribution in [0.15, 0.2) is 24.3 Å². The van der Waals surface area contributed by atoms with Crippen molar-refractivity contribution in [2.75, 3.05) is 13.7 Å². The fourth-order valence-electron chi connectivity index (χ4n) is 3.17. The summed E-state index contributed by atoms with van der Waals surface area (Å²) >= 11 is 0. The molecule has 0 amide bonds. The van der Waals surface area contributed by atoms with Crippen LogP contribution in [0.1, 0.15) is 62.6 Å². The van der Waals surface area contributed by atoms with Gasteiger partial charge in [0.25, 0.3) is 0 Å². The fraction of sp³-hybridized carbons (Fsp3) is 0.667. The topological polar surface area (TPSA) is 21.3 Å². The molecule has 0 spiro atoms. The van der Waals surface area contributed by atoms with Crippen LogP contribution in [0.25, 0.3) is 0 Å². The van der Waals surface area contributed by atoms with Crippen molar-refractivity contribution in [3.8, 4) is 0 Å². The predicted octanol–water partition coefficient (Wildman–Crippen LogP) is 4.25. The Labute approximate surface area is 123 Å². The second-order valence-corrected chi connectivity index (χ2v) is 5.85. The second kappa shape index (κ2) is 8.43. The highest BCUT2D eigenvalue weighted by molar-refractivity contribution is 5.36. The predicted molar refractivity (Wildman–Crippen MR) is 85.1 cm³/mol. The first-order valence-electron chi connectivity index (χ1n) is 8.23. The fourth-order valence-corrected chi connectivity index (χ4v) is 3.17. The SMILES string of the molecule is CCCCCCCCOC1Cc2ccccc2C1NC. The van der Waals surface area contributed by atoms with E-state index in [-0.39, 0.29) is 0 Å². The number of rotatable bonds is 9. The Hall–Kier alpha value is -0.860. The standard InChI is InChI=1S/C18H29NO/c1-3-4-5-6-7-10-13-20-17-14-15-11-8-9-12-16(15)18(17)19-2/h8-9,11-12,17-19H,3-7,10,13-14H2,1-2H3. The summed E-state index contributed by atoms with van der Waals surface area (Å²) in [5.74, 6) is 0. The van der Waals surface area contributed by atoms with Gasteiger partial charge in [0, 0.05) is 13.0 Å². The third-order valence-corrected chi connectivity index (χ3v) is 4.32. The van der Waals surface area contributed by atoms with E-state index < -0.39 is 0 Å². The average Bonchev–Trinajstić information content (AvgIpc) is 2.83. The molecular formula is C18H29NO. The first-order chi connectivity index (χ1) is 9.86. The lowest BCUT2D eigenvalue weighted by Crippen LogP contribution is -2.28. The Morgan fingerprint density at radius 3 is 2.65 bits per heavy atom. The van der Waals surface area contributed by atoms with E-state index in [2.05, 4.69) is 36.5 Å². The minimum Gasteiger partial charge on any atom is -0.376 e. The summed E-state index contributed by atoms with van der Waals surface area (Å²) in [4.78, 5) is 0. The lowest BCUT2D eigenvalue weighted by atomic mass is 10.1. The van der Waals surface area contributed by atoms with Gasteiger partial charge in [-0.3, -0.25) is 0 Å². The maximum Gasteiger partial charge on any atom is 0.0810 e. The third-order valence-electron chi connectivity index (χ3n) is 4.32. The molecule has 1 aromatic rings. The van der Waals surface area contributed by atoms with Gasteiger partial charge in [0.1, 0.15) is 0 Å². The second-order valence-electron chi connectivity index (χ2n) is 5.85. The van der Waals surface area contributed by atoms with E-state index in [4.69, 9.17) is 4.74 Å². The number of hydrogen-bond acceptors (Lipinski definition) is 2. The van der Waals surface area contributed by atoms with Gasteiger partial charge in [-0.25, -0.2) is 0 Å². The summed E-state index contributed by atoms with van der Waals surface area (Å²) < 4.78 is 6.13. The van der Waals surface area contributed by atoms with E-state index in [0.29, 0.717) is 12.1 Å². The van der Waals surface area contributed by atoms with Gasteiger partial charge >= 0.3 is 0 Å². The molecule has 1 aromatic carbocycles. The summed E-state index contributed by atoms with van der Waals surface area (Å²) in [6.07, 6.45) is 9.31. The van der Waals surface area contributed by atoms with E-state index in [0.717, 1.165) is 13.0 Å². The molecule has 2 unspecified atom stereocenters. The summed E-state index contributed by atoms with van der Waals surface area (Å²) in [5, 5.41) is 3.41. The lowest BCUT2D eigenvalue weighted by Gasteiger charge is -2.20. The van der Waals surface area contributed by atoms with Crippen molar-refractivity contribution in [2.24, 2.45) is 0 Å². The quantitative estimate of drug-likeness (QED) is 0.680. The number of hydrogen-bond donors (Lipinski definition) is 1. The molecule has 1 aliphatic carbocycles. The molecule has 20 heavy (non-hydrogen) atoms. The highest BCUT2D eigenvalue weighted by Gasteiger charge is 2.31. The van der Waals surface area contributed by atoms with Gasteiger partial charge < -0.3 is 10.1 Å². The number of unbranched alkanes of at least 4 members (excludes halogenated alkanes) is 5. The summed E-state index contributed by atoms with van der Waals surface area (Å²) in [6, 6.07) is 9.07. The Balaban J connectivity index is 1.69. The van der Waals surface area contributed by atoms with Crippen LogP contribution in [-0.2, 0) is 11.2 Å². The van der Waals surface area contributed by atoms with Crippen molar-refractivity contribution < 1.29 is 4.74 Å². The number of fused-ring (bicyclic) bond motifs is 1. The molecule has 0 radical (unpaired) electrons. The molecule has 2 atom stereocenters. The van der Waals surface area contributed by atoms with Gasteiger partial charge in [-0.1, -0.05) is 63.3 Å². The number of ether oxygens (including phenoxy) is 1. The monoisotopic (exact) mass is 275 g/mol. The van der Waals surface area contributed by atoms with E-state index >= 15 is 0 Å². The smallest absolute Gasteiger partial charge is 0.0810 e. The van der Waals surface area contributed by atoms with Crippen molar-refractivity contribution in [2.45, 2.75) is 64.0 Å². The molecule has 0 saturated carbocycles. The van der Waals surface area contributed by atoms with E-state index in [1.807, 2.05) is 7.05 Å². The maximum absolute atomic E-state index is 6.13. The van der Waals surface area contributed by atoms with Gasteiger partial charge in [0.15, 0.2) is 0 Å². The summed E-state index contributed by atoms with van der Waals surface area (Å²) in [6.45, 7) is 3.17. The molecule has 2 nitrogen and oxygen atoms in total. The zero-order valence-corrected chi connectivity index (χ0v) is 13.0. The first-order valence-corrected chi connectivity index (χ1v) is 8.23. The molecule has 1 aliphatic rings. The van der Waals surface area contributed by atoms with Crippen molar-refractivity contribution >= 4 is 0 Å². The van der Waals surface area contributed by atoms with E-state index in [9.17, 15) is 0 Å². The first kappa shape index (κ1) is 15.5. The molecule has 0 aromatic heterocycles. The van der Waals surface area contributed by atoms with Gasteiger partial charge in [-0.15, -0.1) is 0 Å². The van der Waals surface area contributed by atoms with Crippen molar-refractivity contribution in [3.05, 3.63) is 35.4 Å². The lowest BCUT2D eigenvalue weighted by molar-refractivity contribution is 0.0341. The molecule has 0 heterocycles. The van der Waals surface area contributed by atoms with Gasteiger partial charge in [-0.2, -0.15) is 0 Å². The van der Waals surface area contributed by atoms with Gasteiger partial charge in [-0.05, 0) is 24.6 Å². The van der Waals surface area contributed by atoms with Crippen LogP contribution in [-0.4, -0.2) is 19.8 Å². The molecule has 112 valence electrons. The zero-order chi connectivity index (χ0) is 14.2. The normalized spacial score (nSPS) is 21.1. The van der Waals surface area contributed by atoms with Crippen molar-refractivity contribution in [1.82, 2.24) is 5.32 Å². The van der Waals surface area contributed by atoms with E-state index in [1.54, 1.807) is 0 Å². The maximum atomic E-state index is 6.13. The third kappa shape index (κ3) is 4.07. The van der Waals surface area contributed by atoms with Crippen LogP contribution in [0.5, 0.6) is 0 Å². The molecular weight excluding hydrogens is 246 g/mol. The number of benzene rings is 1. The molecule has 1 N–H and O–H groups in total. The summed E-state index contributed by atoms with van der Waals surface area (Å²) in [5.41, 5.74) is 2.86. The molecule has 0 saturated heterocycles. The van der Waals surface area contributed by atoms with Crippen molar-refractivity contribution in [1.29, 1.82) is 0 Å². The molecule has 0 bridgehead atoms. The molecule has 2 heteroatoms. The van der Waals surface area contributed by atoms with E-state index in [1.165, 1.54) is 49.7 Å². The minimum absolute atomic E-state index is 0.313. The molecule has 0 fully saturated rings. The van der Waals surface area contributed by atoms with Gasteiger partial charge in [0.05, 0.1) is 12.1 Å².